The number of hydrogen-bond donors (Lipinski definition) is 2. The van der Waals surface area contributed by atoms with Crippen molar-refractivity contribution in [3.8, 4) is 11.8 Å². The first-order chi connectivity index (χ1) is 10.7. The maximum absolute atomic E-state index is 9.40. The minimum absolute atomic E-state index is 0.200. The van der Waals surface area contributed by atoms with Gasteiger partial charge in [0.1, 0.15) is 22.9 Å². The Morgan fingerprint density at radius 2 is 2.14 bits per heavy atom. The number of aromatic hydroxyl groups is 1. The van der Waals surface area contributed by atoms with Crippen molar-refractivity contribution in [3.05, 3.63) is 60.1 Å². The zero-order valence-corrected chi connectivity index (χ0v) is 11.9. The molecule has 5 nitrogen and oxygen atoms in total. The molecule has 5 heteroatoms. The molecule has 2 aromatic carbocycles. The van der Waals surface area contributed by atoms with E-state index in [0.717, 1.165) is 11.3 Å². The van der Waals surface area contributed by atoms with Gasteiger partial charge in [-0.2, -0.15) is 5.26 Å². The van der Waals surface area contributed by atoms with E-state index in [-0.39, 0.29) is 11.6 Å². The minimum Gasteiger partial charge on any atom is -0.508 e. The third-order valence-corrected chi connectivity index (χ3v) is 3.23. The summed E-state index contributed by atoms with van der Waals surface area (Å²) in [5.41, 5.74) is 3.30. The zero-order chi connectivity index (χ0) is 15.5. The lowest BCUT2D eigenvalue weighted by molar-refractivity contribution is 0.475. The van der Waals surface area contributed by atoms with Gasteiger partial charge in [0.05, 0.1) is 0 Å². The summed E-state index contributed by atoms with van der Waals surface area (Å²) in [4.78, 5) is 4.30. The number of para-hydroxylation sites is 2. The van der Waals surface area contributed by atoms with Gasteiger partial charge in [-0.1, -0.05) is 12.1 Å². The van der Waals surface area contributed by atoms with Gasteiger partial charge in [0, 0.05) is 11.9 Å². The Hall–Kier alpha value is -3.26. The van der Waals surface area contributed by atoms with Crippen LogP contribution in [0.4, 0.5) is 5.69 Å². The van der Waals surface area contributed by atoms with Gasteiger partial charge in [0.2, 0.25) is 5.89 Å². The summed E-state index contributed by atoms with van der Waals surface area (Å²) >= 11 is 0. The largest absolute Gasteiger partial charge is 0.508 e. The van der Waals surface area contributed by atoms with Crippen LogP contribution in [0, 0.1) is 18.3 Å². The van der Waals surface area contributed by atoms with Crippen LogP contribution in [-0.4, -0.2) is 10.1 Å². The van der Waals surface area contributed by atoms with E-state index in [4.69, 9.17) is 4.42 Å². The number of aromatic nitrogens is 1. The number of benzene rings is 2. The van der Waals surface area contributed by atoms with E-state index >= 15 is 0 Å². The summed E-state index contributed by atoms with van der Waals surface area (Å²) in [6.07, 6.45) is 1.55. The maximum atomic E-state index is 9.40. The lowest BCUT2D eigenvalue weighted by Gasteiger charge is -2.05. The number of oxazole rings is 1. The molecule has 0 aliphatic heterocycles. The van der Waals surface area contributed by atoms with Crippen molar-refractivity contribution in [1.82, 2.24) is 4.98 Å². The second-order valence-corrected chi connectivity index (χ2v) is 4.80. The summed E-state index contributed by atoms with van der Waals surface area (Å²) in [6, 6.07) is 14.4. The molecule has 0 atom stereocenters. The van der Waals surface area contributed by atoms with Gasteiger partial charge < -0.3 is 14.8 Å². The van der Waals surface area contributed by atoms with Crippen molar-refractivity contribution in [2.45, 2.75) is 6.92 Å². The molecular weight excluding hydrogens is 278 g/mol. The van der Waals surface area contributed by atoms with Gasteiger partial charge >= 0.3 is 0 Å². The Bertz CT molecular complexity index is 871. The van der Waals surface area contributed by atoms with Crippen molar-refractivity contribution in [2.24, 2.45) is 0 Å². The molecule has 0 amide bonds. The number of phenols is 1. The van der Waals surface area contributed by atoms with Crippen LogP contribution in [0.25, 0.3) is 16.7 Å². The first-order valence-electron chi connectivity index (χ1n) is 6.70. The van der Waals surface area contributed by atoms with E-state index in [1.54, 1.807) is 30.5 Å². The Balaban J connectivity index is 1.91. The monoisotopic (exact) mass is 291 g/mol. The molecule has 0 spiro atoms. The number of phenolic OH excluding ortho intramolecular Hbond substituents is 1. The number of nitrogens with zero attached hydrogens (tertiary/aromatic N) is 2. The Morgan fingerprint density at radius 1 is 1.32 bits per heavy atom. The van der Waals surface area contributed by atoms with Gasteiger partial charge in [0.25, 0.3) is 0 Å². The average molecular weight is 291 g/mol. The van der Waals surface area contributed by atoms with Crippen LogP contribution in [0.3, 0.4) is 0 Å². The number of hydrogen-bond acceptors (Lipinski definition) is 5. The van der Waals surface area contributed by atoms with E-state index in [9.17, 15) is 10.4 Å². The van der Waals surface area contributed by atoms with Crippen molar-refractivity contribution in [2.75, 3.05) is 5.32 Å². The number of allylic oxidation sites excluding steroid dienone is 1. The van der Waals surface area contributed by atoms with Crippen molar-refractivity contribution in [1.29, 1.82) is 5.26 Å². The van der Waals surface area contributed by atoms with Crippen LogP contribution in [0.2, 0.25) is 0 Å². The zero-order valence-electron chi connectivity index (χ0n) is 11.9. The summed E-state index contributed by atoms with van der Waals surface area (Å²) in [5, 5.41) is 21.7. The highest BCUT2D eigenvalue weighted by molar-refractivity contribution is 5.80. The average Bonchev–Trinajstić information content (AvgIpc) is 2.93. The second kappa shape index (κ2) is 5.62. The molecule has 0 aliphatic rings. The van der Waals surface area contributed by atoms with Gasteiger partial charge in [-0.25, -0.2) is 4.98 Å². The molecule has 0 saturated carbocycles. The summed E-state index contributed by atoms with van der Waals surface area (Å²) in [6.45, 7) is 1.86. The van der Waals surface area contributed by atoms with Crippen LogP contribution in [0.1, 0.15) is 11.5 Å². The van der Waals surface area contributed by atoms with Gasteiger partial charge in [-0.05, 0) is 42.8 Å². The molecule has 0 fully saturated rings. The van der Waals surface area contributed by atoms with E-state index in [2.05, 4.69) is 16.4 Å². The number of aryl methyl sites for hydroxylation is 1. The molecule has 0 unspecified atom stereocenters. The molecule has 2 N–H and O–H groups in total. The van der Waals surface area contributed by atoms with Crippen LogP contribution in [-0.2, 0) is 0 Å². The fourth-order valence-corrected chi connectivity index (χ4v) is 2.09. The SMILES string of the molecule is Cc1cc(O)ccc1NC=C(C#N)c1nc2ccccc2o1. The highest BCUT2D eigenvalue weighted by Gasteiger charge is 2.10. The second-order valence-electron chi connectivity index (χ2n) is 4.80. The van der Waals surface area contributed by atoms with Crippen molar-refractivity contribution in [3.63, 3.8) is 0 Å². The summed E-state index contributed by atoms with van der Waals surface area (Å²) in [5.74, 6) is 0.471. The first kappa shape index (κ1) is 13.7. The fourth-order valence-electron chi connectivity index (χ4n) is 2.09. The summed E-state index contributed by atoms with van der Waals surface area (Å²) in [7, 11) is 0. The molecule has 1 heterocycles. The molecule has 0 radical (unpaired) electrons. The molecule has 108 valence electrons. The number of rotatable bonds is 3. The predicted octanol–water partition coefficient (Wildman–Crippen LogP) is 3.82. The molecule has 1 aromatic heterocycles. The maximum Gasteiger partial charge on any atom is 0.239 e. The van der Waals surface area contributed by atoms with Crippen LogP contribution in [0.5, 0.6) is 5.75 Å². The van der Waals surface area contributed by atoms with E-state index in [1.807, 2.05) is 25.1 Å². The van der Waals surface area contributed by atoms with Crippen molar-refractivity contribution >= 4 is 22.4 Å². The lowest BCUT2D eigenvalue weighted by Crippen LogP contribution is -1.93. The van der Waals surface area contributed by atoms with Gasteiger partial charge in [-0.15, -0.1) is 0 Å². The number of nitrogens with one attached hydrogen (secondary N) is 1. The normalized spacial score (nSPS) is 11.4. The highest BCUT2D eigenvalue weighted by Crippen LogP contribution is 2.23. The van der Waals surface area contributed by atoms with Gasteiger partial charge in [-0.3, -0.25) is 0 Å². The molecule has 0 bridgehead atoms. The molecule has 0 saturated heterocycles. The number of fused-ring (bicyclic) bond motifs is 1. The standard InChI is InChI=1S/C17H13N3O2/c1-11-8-13(21)6-7-14(11)19-10-12(9-18)17-20-15-4-2-3-5-16(15)22-17/h2-8,10,19,21H,1H3. The van der Waals surface area contributed by atoms with Gasteiger partial charge in [0.15, 0.2) is 5.58 Å². The molecular formula is C17H13N3O2. The molecule has 22 heavy (non-hydrogen) atoms. The third-order valence-electron chi connectivity index (χ3n) is 3.23. The third kappa shape index (κ3) is 2.63. The quantitative estimate of drug-likeness (QED) is 0.566. The molecule has 3 rings (SSSR count). The van der Waals surface area contributed by atoms with E-state index < -0.39 is 0 Å². The fraction of sp³-hybridized carbons (Fsp3) is 0.0588. The Labute approximate surface area is 127 Å². The van der Waals surface area contributed by atoms with Crippen LogP contribution < -0.4 is 5.32 Å². The first-order valence-corrected chi connectivity index (χ1v) is 6.70. The van der Waals surface area contributed by atoms with Crippen LogP contribution >= 0.6 is 0 Å². The Kier molecular flexibility index (Phi) is 3.50. The minimum atomic E-state index is 0.200. The topological polar surface area (TPSA) is 82.1 Å². The predicted molar refractivity (Wildman–Crippen MR) is 84.1 cm³/mol. The lowest BCUT2D eigenvalue weighted by atomic mass is 10.2. The number of nitriles is 1. The Morgan fingerprint density at radius 3 is 2.86 bits per heavy atom. The van der Waals surface area contributed by atoms with Crippen LogP contribution in [0.15, 0.2) is 53.1 Å². The van der Waals surface area contributed by atoms with Crippen molar-refractivity contribution < 1.29 is 9.52 Å². The number of anilines is 1. The molecule has 3 aromatic rings. The highest BCUT2D eigenvalue weighted by atomic mass is 16.3. The molecule has 0 aliphatic carbocycles. The smallest absolute Gasteiger partial charge is 0.239 e. The van der Waals surface area contributed by atoms with E-state index in [1.165, 1.54) is 0 Å². The van der Waals surface area contributed by atoms with E-state index in [0.29, 0.717) is 16.7 Å². The summed E-state index contributed by atoms with van der Waals surface area (Å²) < 4.78 is 5.58.